The third-order valence-corrected chi connectivity index (χ3v) is 13.9. The molecule has 3 N–H and O–H groups in total. The maximum atomic E-state index is 14.0. The fraction of sp³-hybridized carbons (Fsp3) is 0.559. The van der Waals surface area contributed by atoms with Crippen molar-refractivity contribution in [2.24, 2.45) is 0 Å². The zero-order chi connectivity index (χ0) is 34.1. The highest BCUT2D eigenvalue weighted by atomic mass is 32.2. The fourth-order valence-electron chi connectivity index (χ4n) is 8.70. The molecule has 1 amide bonds. The number of aromatic hydroxyl groups is 2. The molecule has 5 saturated heterocycles. The summed E-state index contributed by atoms with van der Waals surface area (Å²) in [5.41, 5.74) is -2.77. The number of thioether (sulfide) groups is 2. The van der Waals surface area contributed by atoms with E-state index in [0.29, 0.717) is 19.6 Å². The average molecular weight is 713 g/mol. The van der Waals surface area contributed by atoms with E-state index in [1.54, 1.807) is 40.6 Å². The van der Waals surface area contributed by atoms with Crippen molar-refractivity contribution in [3.63, 3.8) is 0 Å². The molecule has 0 aromatic heterocycles. The van der Waals surface area contributed by atoms with Crippen molar-refractivity contribution in [1.29, 1.82) is 0 Å². The molecule has 7 aliphatic rings. The van der Waals surface area contributed by atoms with Gasteiger partial charge in [-0.15, -0.1) is 23.5 Å². The highest BCUT2D eigenvalue weighted by molar-refractivity contribution is 8.20. The van der Waals surface area contributed by atoms with Gasteiger partial charge in [-0.1, -0.05) is 12.1 Å². The number of rotatable bonds is 4. The number of ether oxygens (including phenoxy) is 5. The number of phenolic OH excluding ortho intramolecular Hbond substituents is 2. The summed E-state index contributed by atoms with van der Waals surface area (Å²) in [5, 5.41) is 36.7. The van der Waals surface area contributed by atoms with Crippen LogP contribution < -0.4 is 4.74 Å². The molecule has 2 aromatic rings. The molecule has 5 heterocycles. The molecule has 15 heteroatoms. The van der Waals surface area contributed by atoms with Crippen molar-refractivity contribution in [2.75, 3.05) is 25.3 Å². The second-order valence-corrected chi connectivity index (χ2v) is 16.3. The SMILES string of the molecule is COc1cccc2c1C(=O)c1c(O)c3c(c(O)c1C2=O)C[C@@](O)(C(=O)N1C2SCS[C@@H]21)C[C@@H]3O[C@H]1C[C@H]2[C@H](O[C@@H]3[C@@H](C)OCCN32)[C@H](C)O1. The topological polar surface area (TPSA) is 164 Å². The van der Waals surface area contributed by atoms with Gasteiger partial charge in [0.15, 0.2) is 12.1 Å². The quantitative estimate of drug-likeness (QED) is 0.267. The van der Waals surface area contributed by atoms with Crippen LogP contribution in [0.1, 0.15) is 75.8 Å². The van der Waals surface area contributed by atoms with Crippen LogP contribution in [0.4, 0.5) is 0 Å². The Hall–Kier alpha value is -2.89. The van der Waals surface area contributed by atoms with Gasteiger partial charge in [0.2, 0.25) is 5.78 Å². The first kappa shape index (κ1) is 32.0. The Labute approximate surface area is 290 Å². The third-order valence-electron chi connectivity index (χ3n) is 11.0. The molecule has 5 fully saturated rings. The Morgan fingerprint density at radius 3 is 2.53 bits per heavy atom. The predicted octanol–water partition coefficient (Wildman–Crippen LogP) is 2.50. The molecule has 2 aromatic carbocycles. The minimum absolute atomic E-state index is 0.0149. The van der Waals surface area contributed by atoms with E-state index in [4.69, 9.17) is 23.7 Å². The molecule has 49 heavy (non-hydrogen) atoms. The summed E-state index contributed by atoms with van der Waals surface area (Å²) in [6, 6.07) is 4.50. The van der Waals surface area contributed by atoms with E-state index in [1.807, 2.05) is 13.8 Å². The van der Waals surface area contributed by atoms with Gasteiger partial charge in [-0.05, 0) is 19.9 Å². The molecule has 1 unspecified atom stereocenters. The summed E-state index contributed by atoms with van der Waals surface area (Å²) in [6.07, 6.45) is -3.28. The Bertz CT molecular complexity index is 1800. The lowest BCUT2D eigenvalue weighted by Crippen LogP contribution is -2.54. The smallest absolute Gasteiger partial charge is 0.257 e. The van der Waals surface area contributed by atoms with Crippen molar-refractivity contribution in [3.8, 4) is 17.2 Å². The molecule has 0 spiro atoms. The van der Waals surface area contributed by atoms with E-state index in [0.717, 1.165) is 5.08 Å². The number of carbonyl (C=O) groups excluding carboxylic acids is 3. The molecule has 0 radical (unpaired) electrons. The molecule has 10 atom stereocenters. The van der Waals surface area contributed by atoms with Crippen LogP contribution in [0.3, 0.4) is 0 Å². The largest absolute Gasteiger partial charge is 0.507 e. The molecule has 9 rings (SSSR count). The van der Waals surface area contributed by atoms with Gasteiger partial charge in [0.05, 0.1) is 48.7 Å². The number of ketones is 2. The summed E-state index contributed by atoms with van der Waals surface area (Å²) in [4.78, 5) is 45.9. The summed E-state index contributed by atoms with van der Waals surface area (Å²) in [6.45, 7) is 5.10. The van der Waals surface area contributed by atoms with Crippen LogP contribution >= 0.6 is 23.5 Å². The van der Waals surface area contributed by atoms with Crippen LogP contribution in [-0.2, 0) is 30.2 Å². The number of hydrogen-bond donors (Lipinski definition) is 3. The summed E-state index contributed by atoms with van der Waals surface area (Å²) >= 11 is 3.25. The highest BCUT2D eigenvalue weighted by Crippen LogP contribution is 2.57. The van der Waals surface area contributed by atoms with E-state index < -0.39 is 47.0 Å². The highest BCUT2D eigenvalue weighted by Gasteiger charge is 2.62. The summed E-state index contributed by atoms with van der Waals surface area (Å²) < 4.78 is 30.5. The molecular weight excluding hydrogens is 677 g/mol. The standard InChI is InChI=1S/C34H36N2O11S2/c1-13-29-17(35-7-8-44-14(2)30(35)47-29)9-20(45-13)46-19-11-34(42,33(41)36-31-32(36)49-12-48-31)10-16-22(19)28(40)24-23(26(16)38)25(37)15-5-4-6-18(43-3)21(15)27(24)39/h4-6,13-14,17,19-20,29-32,38,40,42H,7-12H2,1-3H3/t13-,14+,17-,19-,20-,29+,30+,31-,32?,34-,36?/m0/s1. The molecule has 13 nitrogen and oxygen atoms in total. The maximum Gasteiger partial charge on any atom is 0.257 e. The van der Waals surface area contributed by atoms with Gasteiger partial charge in [-0.3, -0.25) is 19.3 Å². The van der Waals surface area contributed by atoms with Crippen molar-refractivity contribution < 1.29 is 53.4 Å². The number of hydrogen-bond acceptors (Lipinski definition) is 14. The number of methoxy groups -OCH3 is 1. The Morgan fingerprint density at radius 2 is 1.78 bits per heavy atom. The third kappa shape index (κ3) is 4.59. The van der Waals surface area contributed by atoms with E-state index in [2.05, 4.69) is 4.90 Å². The van der Waals surface area contributed by atoms with Crippen LogP contribution in [0.25, 0.3) is 0 Å². The predicted molar refractivity (Wildman–Crippen MR) is 175 cm³/mol. The monoisotopic (exact) mass is 712 g/mol. The normalized spacial score (nSPS) is 37.5. The molecule has 0 saturated carbocycles. The number of nitrogens with zero attached hydrogens (tertiary/aromatic N) is 2. The van der Waals surface area contributed by atoms with Gasteiger partial charge >= 0.3 is 0 Å². The Balaban J connectivity index is 1.12. The molecule has 260 valence electrons. The first-order chi connectivity index (χ1) is 23.5. The molecular formula is C34H36N2O11S2. The molecule has 0 bridgehead atoms. The van der Waals surface area contributed by atoms with Crippen molar-refractivity contribution in [1.82, 2.24) is 9.80 Å². The van der Waals surface area contributed by atoms with Crippen molar-refractivity contribution >= 4 is 41.0 Å². The van der Waals surface area contributed by atoms with Crippen LogP contribution in [0.2, 0.25) is 0 Å². The van der Waals surface area contributed by atoms with Crippen LogP contribution in [0.15, 0.2) is 18.2 Å². The van der Waals surface area contributed by atoms with Crippen molar-refractivity contribution in [2.45, 2.75) is 92.4 Å². The van der Waals surface area contributed by atoms with E-state index in [9.17, 15) is 29.7 Å². The van der Waals surface area contributed by atoms with Crippen LogP contribution in [0, 0.1) is 0 Å². The number of benzene rings is 2. The lowest BCUT2D eigenvalue weighted by molar-refractivity contribution is -0.247. The van der Waals surface area contributed by atoms with Gasteiger partial charge in [0.25, 0.3) is 5.91 Å². The lowest BCUT2D eigenvalue weighted by Gasteiger charge is -2.43. The minimum atomic E-state index is -2.03. The minimum Gasteiger partial charge on any atom is -0.507 e. The number of carbonyl (C=O) groups is 3. The number of fused-ring (bicyclic) bond motifs is 7. The average Bonchev–Trinajstić information content (AvgIpc) is 3.36. The van der Waals surface area contributed by atoms with Crippen LogP contribution in [-0.4, -0.2) is 121 Å². The maximum absolute atomic E-state index is 14.0. The number of morpholine rings is 1. The van der Waals surface area contributed by atoms with Gasteiger partial charge in [-0.25, -0.2) is 0 Å². The summed E-state index contributed by atoms with van der Waals surface area (Å²) in [5.74, 6) is -2.85. The zero-order valence-electron chi connectivity index (χ0n) is 27.0. The summed E-state index contributed by atoms with van der Waals surface area (Å²) in [7, 11) is 1.38. The Morgan fingerprint density at radius 1 is 1.02 bits per heavy atom. The van der Waals surface area contributed by atoms with Gasteiger partial charge in [0, 0.05) is 53.6 Å². The van der Waals surface area contributed by atoms with Gasteiger partial charge in [-0.2, -0.15) is 0 Å². The van der Waals surface area contributed by atoms with Gasteiger partial charge < -0.3 is 43.9 Å². The Kier molecular flexibility index (Phi) is 7.39. The second kappa shape index (κ2) is 11.3. The second-order valence-electron chi connectivity index (χ2n) is 13.7. The van der Waals surface area contributed by atoms with Gasteiger partial charge in [0.1, 0.15) is 45.9 Å². The fourth-order valence-corrected chi connectivity index (χ4v) is 11.9. The van der Waals surface area contributed by atoms with E-state index >= 15 is 0 Å². The number of aliphatic hydroxyl groups is 1. The van der Waals surface area contributed by atoms with Crippen molar-refractivity contribution in [3.05, 3.63) is 51.6 Å². The first-order valence-corrected chi connectivity index (χ1v) is 18.6. The zero-order valence-corrected chi connectivity index (χ0v) is 28.6. The lowest BCUT2D eigenvalue weighted by atomic mass is 9.72. The molecule has 2 aliphatic carbocycles. The molecule has 5 aliphatic heterocycles. The number of phenols is 2. The first-order valence-electron chi connectivity index (χ1n) is 16.5. The van der Waals surface area contributed by atoms with Crippen LogP contribution in [0.5, 0.6) is 17.2 Å². The number of amides is 1. The van der Waals surface area contributed by atoms with E-state index in [-0.39, 0.29) is 93.3 Å². The van der Waals surface area contributed by atoms with E-state index in [1.165, 1.54) is 13.2 Å².